The molecular formula is C14H18O3. The van der Waals surface area contributed by atoms with E-state index in [9.17, 15) is 4.79 Å². The minimum Gasteiger partial charge on any atom is -0.455 e. The van der Waals surface area contributed by atoms with Gasteiger partial charge in [0.2, 0.25) is 0 Å². The van der Waals surface area contributed by atoms with E-state index in [4.69, 9.17) is 9.47 Å². The highest BCUT2D eigenvalue weighted by atomic mass is 16.6. The predicted octanol–water partition coefficient (Wildman–Crippen LogP) is 2.66. The zero-order valence-corrected chi connectivity index (χ0v) is 10.5. The number of ether oxygens (including phenoxy) is 2. The Morgan fingerprint density at radius 2 is 1.94 bits per heavy atom. The third-order valence-corrected chi connectivity index (χ3v) is 2.79. The Hall–Kier alpha value is -1.35. The lowest BCUT2D eigenvalue weighted by Crippen LogP contribution is -2.36. The monoisotopic (exact) mass is 234 g/mol. The van der Waals surface area contributed by atoms with E-state index < -0.39 is 0 Å². The molecule has 0 aliphatic carbocycles. The van der Waals surface area contributed by atoms with Crippen molar-refractivity contribution < 1.29 is 14.3 Å². The maximum atomic E-state index is 12.0. The van der Waals surface area contributed by atoms with Crippen LogP contribution in [0.4, 0.5) is 0 Å². The molecule has 2 unspecified atom stereocenters. The highest BCUT2D eigenvalue weighted by Crippen LogP contribution is 2.32. The highest BCUT2D eigenvalue weighted by molar-refractivity contribution is 5.89. The molecule has 17 heavy (non-hydrogen) atoms. The fraction of sp³-hybridized carbons (Fsp3) is 0.500. The van der Waals surface area contributed by atoms with Crippen LogP contribution in [0, 0.1) is 5.41 Å². The summed E-state index contributed by atoms with van der Waals surface area (Å²) in [5.74, 6) is -0.277. The summed E-state index contributed by atoms with van der Waals surface area (Å²) in [6.07, 6.45) is -0.127. The van der Waals surface area contributed by atoms with Gasteiger partial charge >= 0.3 is 5.97 Å². The summed E-state index contributed by atoms with van der Waals surface area (Å²) >= 11 is 0. The smallest absolute Gasteiger partial charge is 0.338 e. The maximum Gasteiger partial charge on any atom is 0.338 e. The molecule has 3 nitrogen and oxygen atoms in total. The number of carbonyl (C=O) groups is 1. The van der Waals surface area contributed by atoms with Gasteiger partial charge in [-0.3, -0.25) is 0 Å². The van der Waals surface area contributed by atoms with Crippen LogP contribution in [0.3, 0.4) is 0 Å². The number of hydrogen-bond acceptors (Lipinski definition) is 3. The summed E-state index contributed by atoms with van der Waals surface area (Å²) in [6.45, 7) is 6.84. The summed E-state index contributed by atoms with van der Waals surface area (Å²) in [4.78, 5) is 12.0. The van der Waals surface area contributed by atoms with E-state index in [1.807, 2.05) is 18.2 Å². The van der Waals surface area contributed by atoms with Gasteiger partial charge in [-0.2, -0.15) is 0 Å². The minimum absolute atomic E-state index is 0.0580. The molecule has 0 N–H and O–H groups in total. The van der Waals surface area contributed by atoms with E-state index >= 15 is 0 Å². The van der Waals surface area contributed by atoms with Crippen LogP contribution >= 0.6 is 0 Å². The number of carbonyl (C=O) groups excluding carboxylic acids is 1. The van der Waals surface area contributed by atoms with Crippen molar-refractivity contribution in [1.29, 1.82) is 0 Å². The Morgan fingerprint density at radius 1 is 1.35 bits per heavy atom. The Balaban J connectivity index is 2.06. The van der Waals surface area contributed by atoms with Gasteiger partial charge in [-0.1, -0.05) is 39.0 Å². The fourth-order valence-corrected chi connectivity index (χ4v) is 1.80. The van der Waals surface area contributed by atoms with Crippen LogP contribution in [-0.2, 0) is 9.47 Å². The van der Waals surface area contributed by atoms with Crippen molar-refractivity contribution >= 4 is 5.97 Å². The van der Waals surface area contributed by atoms with Crippen molar-refractivity contribution in [2.45, 2.75) is 33.0 Å². The molecule has 1 aromatic carbocycles. The van der Waals surface area contributed by atoms with Gasteiger partial charge in [0.15, 0.2) is 0 Å². The number of esters is 1. The quantitative estimate of drug-likeness (QED) is 0.596. The second kappa shape index (κ2) is 4.49. The Labute approximate surface area is 102 Å². The number of benzene rings is 1. The molecule has 1 aromatic rings. The van der Waals surface area contributed by atoms with E-state index in [1.165, 1.54) is 0 Å². The van der Waals surface area contributed by atoms with Crippen molar-refractivity contribution in [2.75, 3.05) is 6.61 Å². The first-order valence-electron chi connectivity index (χ1n) is 5.86. The van der Waals surface area contributed by atoms with Gasteiger partial charge in [0.05, 0.1) is 12.2 Å². The van der Waals surface area contributed by atoms with E-state index in [-0.39, 0.29) is 23.6 Å². The van der Waals surface area contributed by atoms with Crippen LogP contribution in [0.25, 0.3) is 0 Å². The Bertz CT molecular complexity index is 388. The molecule has 0 aromatic heterocycles. The zero-order valence-electron chi connectivity index (χ0n) is 10.5. The molecule has 0 saturated carbocycles. The average Bonchev–Trinajstić information content (AvgIpc) is 3.09. The fourth-order valence-electron chi connectivity index (χ4n) is 1.80. The summed E-state index contributed by atoms with van der Waals surface area (Å²) in [5.41, 5.74) is 0.480. The summed E-state index contributed by atoms with van der Waals surface area (Å²) in [7, 11) is 0. The van der Waals surface area contributed by atoms with E-state index in [0.29, 0.717) is 12.2 Å². The predicted molar refractivity (Wildman–Crippen MR) is 64.8 cm³/mol. The molecule has 1 heterocycles. The first-order valence-corrected chi connectivity index (χ1v) is 5.86. The number of rotatable bonds is 3. The molecule has 0 spiro atoms. The molecule has 1 saturated heterocycles. The van der Waals surface area contributed by atoms with Gasteiger partial charge in [0.1, 0.15) is 12.2 Å². The van der Waals surface area contributed by atoms with Crippen LogP contribution in [0.2, 0.25) is 0 Å². The molecule has 1 aliphatic rings. The molecule has 3 heteroatoms. The largest absolute Gasteiger partial charge is 0.455 e. The normalized spacial score (nSPS) is 20.8. The molecule has 2 atom stereocenters. The van der Waals surface area contributed by atoms with E-state index in [2.05, 4.69) is 20.8 Å². The Kier molecular flexibility index (Phi) is 3.20. The van der Waals surface area contributed by atoms with E-state index in [1.54, 1.807) is 12.1 Å². The molecular weight excluding hydrogens is 216 g/mol. The van der Waals surface area contributed by atoms with Gasteiger partial charge in [-0.15, -0.1) is 0 Å². The van der Waals surface area contributed by atoms with Crippen LogP contribution < -0.4 is 0 Å². The lowest BCUT2D eigenvalue weighted by atomic mass is 9.87. The number of hydrogen-bond donors (Lipinski definition) is 0. The zero-order chi connectivity index (χ0) is 12.5. The van der Waals surface area contributed by atoms with Crippen LogP contribution in [0.5, 0.6) is 0 Å². The first-order chi connectivity index (χ1) is 7.98. The molecule has 92 valence electrons. The molecule has 1 fully saturated rings. The van der Waals surface area contributed by atoms with Crippen LogP contribution in [0.15, 0.2) is 30.3 Å². The standard InChI is InChI=1S/C14H18O3/c1-14(2,3)12(11-9-16-11)17-13(15)10-7-5-4-6-8-10/h4-8,11-12H,9H2,1-3H3. The van der Waals surface area contributed by atoms with Crippen LogP contribution in [0.1, 0.15) is 31.1 Å². The highest BCUT2D eigenvalue weighted by Gasteiger charge is 2.43. The lowest BCUT2D eigenvalue weighted by Gasteiger charge is -2.28. The molecule has 1 aliphatic heterocycles. The number of epoxide rings is 1. The minimum atomic E-state index is -0.277. The SMILES string of the molecule is CC(C)(C)C(OC(=O)c1ccccc1)C1CO1. The van der Waals surface area contributed by atoms with Gasteiger partial charge in [-0.05, 0) is 12.1 Å². The van der Waals surface area contributed by atoms with Gasteiger partial charge in [0.25, 0.3) is 0 Å². The van der Waals surface area contributed by atoms with Crippen molar-refractivity contribution in [3.63, 3.8) is 0 Å². The molecule has 0 bridgehead atoms. The summed E-state index contributed by atoms with van der Waals surface area (Å²) in [6, 6.07) is 9.06. The van der Waals surface area contributed by atoms with Crippen molar-refractivity contribution in [3.05, 3.63) is 35.9 Å². The van der Waals surface area contributed by atoms with Crippen molar-refractivity contribution in [3.8, 4) is 0 Å². The molecule has 2 rings (SSSR count). The lowest BCUT2D eigenvalue weighted by molar-refractivity contribution is -0.0139. The second-order valence-corrected chi connectivity index (χ2v) is 5.43. The third kappa shape index (κ3) is 3.07. The van der Waals surface area contributed by atoms with E-state index in [0.717, 1.165) is 0 Å². The van der Waals surface area contributed by atoms with Gasteiger partial charge < -0.3 is 9.47 Å². The molecule has 0 amide bonds. The molecule has 0 radical (unpaired) electrons. The van der Waals surface area contributed by atoms with Gasteiger partial charge in [0, 0.05) is 5.41 Å². The summed E-state index contributed by atoms with van der Waals surface area (Å²) in [5, 5.41) is 0. The van der Waals surface area contributed by atoms with Crippen LogP contribution in [-0.4, -0.2) is 24.8 Å². The van der Waals surface area contributed by atoms with Crippen molar-refractivity contribution in [1.82, 2.24) is 0 Å². The third-order valence-electron chi connectivity index (χ3n) is 2.79. The maximum absolute atomic E-state index is 12.0. The van der Waals surface area contributed by atoms with Crippen molar-refractivity contribution in [2.24, 2.45) is 5.41 Å². The topological polar surface area (TPSA) is 38.8 Å². The summed E-state index contributed by atoms with van der Waals surface area (Å²) < 4.78 is 10.8. The average molecular weight is 234 g/mol. The first kappa shape index (κ1) is 12.1. The van der Waals surface area contributed by atoms with Gasteiger partial charge in [-0.25, -0.2) is 4.79 Å². The Morgan fingerprint density at radius 3 is 2.41 bits per heavy atom. The second-order valence-electron chi connectivity index (χ2n) is 5.43.